The molecule has 1 aromatic carbocycles. The Bertz CT molecular complexity index is 403. The van der Waals surface area contributed by atoms with Crippen LogP contribution in [0.3, 0.4) is 0 Å². The van der Waals surface area contributed by atoms with E-state index >= 15 is 0 Å². The standard InChI is InChI=1S/C12H14F3NO/c1-8-4-9-5-10(17-7-12(13,14)15)2-3-11(9)16-6-8/h2-3,5,8,16H,4,6-7H2,1H3. The molecule has 0 saturated heterocycles. The Hall–Kier alpha value is -1.39. The van der Waals surface area contributed by atoms with Crippen molar-refractivity contribution >= 4 is 5.69 Å². The molecule has 1 aliphatic rings. The van der Waals surface area contributed by atoms with Gasteiger partial charge in [-0.05, 0) is 36.1 Å². The van der Waals surface area contributed by atoms with E-state index in [1.54, 1.807) is 18.2 Å². The fraction of sp³-hybridized carbons (Fsp3) is 0.500. The molecule has 2 nitrogen and oxygen atoms in total. The maximum atomic E-state index is 12.0. The Morgan fingerprint density at radius 2 is 2.18 bits per heavy atom. The lowest BCUT2D eigenvalue weighted by Gasteiger charge is -2.23. The van der Waals surface area contributed by atoms with E-state index in [2.05, 4.69) is 12.2 Å². The van der Waals surface area contributed by atoms with Gasteiger partial charge >= 0.3 is 6.18 Å². The number of benzene rings is 1. The molecule has 1 heterocycles. The Labute approximate surface area is 97.8 Å². The first-order valence-corrected chi connectivity index (χ1v) is 5.50. The molecule has 2 rings (SSSR count). The lowest BCUT2D eigenvalue weighted by atomic mass is 9.95. The van der Waals surface area contributed by atoms with E-state index in [0.29, 0.717) is 5.92 Å². The predicted molar refractivity (Wildman–Crippen MR) is 59.3 cm³/mol. The van der Waals surface area contributed by atoms with E-state index in [1.807, 2.05) is 0 Å². The monoisotopic (exact) mass is 245 g/mol. The van der Waals surface area contributed by atoms with Crippen molar-refractivity contribution in [3.63, 3.8) is 0 Å². The zero-order chi connectivity index (χ0) is 12.5. The summed E-state index contributed by atoms with van der Waals surface area (Å²) < 4.78 is 40.7. The Morgan fingerprint density at radius 1 is 1.41 bits per heavy atom. The zero-order valence-corrected chi connectivity index (χ0v) is 9.47. The van der Waals surface area contributed by atoms with Gasteiger partial charge in [0.25, 0.3) is 0 Å². The van der Waals surface area contributed by atoms with Gasteiger partial charge in [0.15, 0.2) is 6.61 Å². The molecule has 94 valence electrons. The van der Waals surface area contributed by atoms with Crippen molar-refractivity contribution in [3.05, 3.63) is 23.8 Å². The lowest BCUT2D eigenvalue weighted by Crippen LogP contribution is -2.21. The Morgan fingerprint density at radius 3 is 2.88 bits per heavy atom. The van der Waals surface area contributed by atoms with Crippen LogP contribution in [0.5, 0.6) is 5.75 Å². The first kappa shape index (κ1) is 12.1. The van der Waals surface area contributed by atoms with Crippen LogP contribution in [0, 0.1) is 5.92 Å². The normalized spacial score (nSPS) is 19.4. The van der Waals surface area contributed by atoms with Crippen molar-refractivity contribution in [1.82, 2.24) is 0 Å². The summed E-state index contributed by atoms with van der Waals surface area (Å²) in [4.78, 5) is 0. The van der Waals surface area contributed by atoms with Gasteiger partial charge in [0.1, 0.15) is 5.75 Å². The number of hydrogen-bond acceptors (Lipinski definition) is 2. The average Bonchev–Trinajstić information content (AvgIpc) is 2.24. The summed E-state index contributed by atoms with van der Waals surface area (Å²) in [5, 5.41) is 3.23. The van der Waals surface area contributed by atoms with Crippen molar-refractivity contribution in [3.8, 4) is 5.75 Å². The van der Waals surface area contributed by atoms with E-state index in [9.17, 15) is 13.2 Å². The van der Waals surface area contributed by atoms with Gasteiger partial charge in [0.2, 0.25) is 0 Å². The van der Waals surface area contributed by atoms with Crippen molar-refractivity contribution in [2.24, 2.45) is 5.92 Å². The third-order valence-corrected chi connectivity index (χ3v) is 2.69. The second-order valence-corrected chi connectivity index (χ2v) is 4.41. The molecular formula is C12H14F3NO. The summed E-state index contributed by atoms with van der Waals surface area (Å²) in [6.07, 6.45) is -3.42. The van der Waals surface area contributed by atoms with Crippen LogP contribution in [-0.2, 0) is 6.42 Å². The SMILES string of the molecule is CC1CNc2ccc(OCC(F)(F)F)cc2C1. The van der Waals surface area contributed by atoms with Gasteiger partial charge in [-0.25, -0.2) is 0 Å². The topological polar surface area (TPSA) is 21.3 Å². The number of fused-ring (bicyclic) bond motifs is 1. The van der Waals surface area contributed by atoms with Crippen LogP contribution in [0.4, 0.5) is 18.9 Å². The van der Waals surface area contributed by atoms with E-state index in [1.165, 1.54) is 0 Å². The molecule has 0 aromatic heterocycles. The highest BCUT2D eigenvalue weighted by Crippen LogP contribution is 2.29. The Balaban J connectivity index is 2.08. The number of ether oxygens (including phenoxy) is 1. The minimum atomic E-state index is -4.29. The summed E-state index contributed by atoms with van der Waals surface area (Å²) in [6, 6.07) is 5.02. The summed E-state index contributed by atoms with van der Waals surface area (Å²) in [6.45, 7) is 1.75. The first-order chi connectivity index (χ1) is 7.94. The quantitative estimate of drug-likeness (QED) is 0.863. The molecule has 0 aliphatic carbocycles. The van der Waals surface area contributed by atoms with Crippen molar-refractivity contribution in [2.45, 2.75) is 19.5 Å². The molecule has 0 spiro atoms. The number of nitrogens with one attached hydrogen (secondary N) is 1. The molecule has 1 unspecified atom stereocenters. The summed E-state index contributed by atoms with van der Waals surface area (Å²) in [5.41, 5.74) is 2.01. The molecule has 0 saturated carbocycles. The van der Waals surface area contributed by atoms with Gasteiger partial charge in [-0.2, -0.15) is 13.2 Å². The first-order valence-electron chi connectivity index (χ1n) is 5.50. The predicted octanol–water partition coefficient (Wildman–Crippen LogP) is 3.23. The fourth-order valence-electron chi connectivity index (χ4n) is 1.90. The molecular weight excluding hydrogens is 231 g/mol. The summed E-state index contributed by atoms with van der Waals surface area (Å²) in [7, 11) is 0. The number of halogens is 3. The second kappa shape index (κ2) is 4.47. The highest BCUT2D eigenvalue weighted by molar-refractivity contribution is 5.56. The molecule has 1 N–H and O–H groups in total. The molecule has 0 bridgehead atoms. The molecule has 1 aliphatic heterocycles. The van der Waals surface area contributed by atoms with Gasteiger partial charge in [0, 0.05) is 12.2 Å². The average molecular weight is 245 g/mol. The largest absolute Gasteiger partial charge is 0.484 e. The van der Waals surface area contributed by atoms with E-state index in [4.69, 9.17) is 4.74 Å². The number of rotatable bonds is 2. The van der Waals surface area contributed by atoms with Crippen molar-refractivity contribution in [2.75, 3.05) is 18.5 Å². The van der Waals surface area contributed by atoms with Crippen molar-refractivity contribution < 1.29 is 17.9 Å². The summed E-state index contributed by atoms with van der Waals surface area (Å²) in [5.74, 6) is 0.761. The number of anilines is 1. The molecule has 1 atom stereocenters. The molecule has 17 heavy (non-hydrogen) atoms. The van der Waals surface area contributed by atoms with Crippen LogP contribution in [0.25, 0.3) is 0 Å². The lowest BCUT2D eigenvalue weighted by molar-refractivity contribution is -0.153. The minimum Gasteiger partial charge on any atom is -0.484 e. The third kappa shape index (κ3) is 3.28. The van der Waals surface area contributed by atoms with Gasteiger partial charge in [0.05, 0.1) is 0 Å². The molecule has 5 heteroatoms. The van der Waals surface area contributed by atoms with Gasteiger partial charge in [-0.3, -0.25) is 0 Å². The molecule has 0 radical (unpaired) electrons. The maximum Gasteiger partial charge on any atom is 0.422 e. The maximum absolute atomic E-state index is 12.0. The van der Waals surface area contributed by atoms with Crippen LogP contribution in [0.1, 0.15) is 12.5 Å². The van der Waals surface area contributed by atoms with Gasteiger partial charge < -0.3 is 10.1 Å². The van der Waals surface area contributed by atoms with Crippen LogP contribution in [0.15, 0.2) is 18.2 Å². The van der Waals surface area contributed by atoms with Gasteiger partial charge in [-0.1, -0.05) is 6.92 Å². The van der Waals surface area contributed by atoms with Crippen LogP contribution >= 0.6 is 0 Å². The third-order valence-electron chi connectivity index (χ3n) is 2.69. The van der Waals surface area contributed by atoms with E-state index < -0.39 is 12.8 Å². The van der Waals surface area contributed by atoms with E-state index in [-0.39, 0.29) is 5.75 Å². The molecule has 1 aromatic rings. The smallest absolute Gasteiger partial charge is 0.422 e. The highest BCUT2D eigenvalue weighted by atomic mass is 19.4. The van der Waals surface area contributed by atoms with E-state index in [0.717, 1.165) is 24.2 Å². The Kier molecular flexibility index (Phi) is 3.17. The number of hydrogen-bond donors (Lipinski definition) is 1. The molecule has 0 amide bonds. The minimum absolute atomic E-state index is 0.275. The summed E-state index contributed by atoms with van der Waals surface area (Å²) >= 11 is 0. The number of alkyl halides is 3. The zero-order valence-electron chi connectivity index (χ0n) is 9.47. The molecule has 0 fully saturated rings. The second-order valence-electron chi connectivity index (χ2n) is 4.41. The van der Waals surface area contributed by atoms with Gasteiger partial charge in [-0.15, -0.1) is 0 Å². The van der Waals surface area contributed by atoms with Crippen molar-refractivity contribution in [1.29, 1.82) is 0 Å². The van der Waals surface area contributed by atoms with Crippen LogP contribution in [-0.4, -0.2) is 19.3 Å². The highest BCUT2D eigenvalue weighted by Gasteiger charge is 2.28. The van der Waals surface area contributed by atoms with Crippen LogP contribution in [0.2, 0.25) is 0 Å². The fourth-order valence-corrected chi connectivity index (χ4v) is 1.90. The van der Waals surface area contributed by atoms with Crippen LogP contribution < -0.4 is 10.1 Å².